The smallest absolute Gasteiger partial charge is 0.387 e. The molecule has 0 aromatic rings. The summed E-state index contributed by atoms with van der Waals surface area (Å²) in [4.78, 5) is 22.9. The average molecular weight is 868 g/mol. The summed E-state index contributed by atoms with van der Waals surface area (Å²) in [5.41, 5.74) is 0. The van der Waals surface area contributed by atoms with Crippen molar-refractivity contribution in [3.63, 3.8) is 0 Å². The Morgan fingerprint density at radius 3 is 1.33 bits per heavy atom. The number of hydrogen-bond donors (Lipinski definition) is 3. The van der Waals surface area contributed by atoms with E-state index in [1.165, 1.54) is 167 Å². The predicted molar refractivity (Wildman–Crippen MR) is 258 cm³/mol. The minimum absolute atomic E-state index is 0.0541. The van der Waals surface area contributed by atoms with Gasteiger partial charge in [0.25, 0.3) is 0 Å². The van der Waals surface area contributed by atoms with Gasteiger partial charge in [0.2, 0.25) is 5.91 Å². The Morgan fingerprint density at radius 2 is 0.917 bits per heavy atom. The van der Waals surface area contributed by atoms with Crippen LogP contribution in [0.2, 0.25) is 0 Å². The molecule has 354 valence electrons. The lowest BCUT2D eigenvalue weighted by Gasteiger charge is -2.25. The molecule has 0 saturated carbocycles. The lowest BCUT2D eigenvalue weighted by molar-refractivity contribution is -0.870. The molecule has 0 heterocycles. The summed E-state index contributed by atoms with van der Waals surface area (Å²) >= 11 is 0. The van der Waals surface area contributed by atoms with Crippen LogP contribution in [0.4, 0.5) is 0 Å². The second-order valence-electron chi connectivity index (χ2n) is 18.5. The summed E-state index contributed by atoms with van der Waals surface area (Å²) in [7, 11) is 1.55. The number of phosphoric acid groups is 1. The number of likely N-dealkylation sites (N-methyl/N-ethyl adjacent to an activating group) is 1. The molecule has 3 unspecified atom stereocenters. The Kier molecular flexibility index (Phi) is 42.1. The van der Waals surface area contributed by atoms with E-state index in [2.05, 4.69) is 43.5 Å². The first-order valence-electron chi connectivity index (χ1n) is 25.4. The molecule has 1 amide bonds. The zero-order valence-electron chi connectivity index (χ0n) is 40.2. The van der Waals surface area contributed by atoms with Crippen molar-refractivity contribution in [1.29, 1.82) is 0 Å². The quantitative estimate of drug-likeness (QED) is 0.0244. The minimum atomic E-state index is -4.34. The number of rotatable bonds is 46. The summed E-state index contributed by atoms with van der Waals surface area (Å²) in [6.45, 7) is 4.74. The Labute approximate surface area is 372 Å². The van der Waals surface area contributed by atoms with Gasteiger partial charge in [-0.15, -0.1) is 0 Å². The molecule has 0 saturated heterocycles. The van der Waals surface area contributed by atoms with Crippen LogP contribution < -0.4 is 5.32 Å². The second kappa shape index (κ2) is 43.0. The van der Waals surface area contributed by atoms with E-state index < -0.39 is 20.0 Å². The van der Waals surface area contributed by atoms with Crippen LogP contribution in [0.1, 0.15) is 232 Å². The number of amides is 1. The topological polar surface area (TPSA) is 105 Å². The van der Waals surface area contributed by atoms with Gasteiger partial charge < -0.3 is 19.8 Å². The molecule has 0 fully saturated rings. The SMILES string of the molecule is CCCCCCCCCCCCCCCCCCCCCCC/C=C/CC/C=C/CC/C=C/C(O)C(COP(=O)(O)OCC[N+](C)(C)C)NC(=O)CCCCCCCCC. The maximum Gasteiger partial charge on any atom is 0.472 e. The number of quaternary nitrogens is 1. The van der Waals surface area contributed by atoms with Gasteiger partial charge >= 0.3 is 7.82 Å². The van der Waals surface area contributed by atoms with Gasteiger partial charge in [-0.25, -0.2) is 4.57 Å². The van der Waals surface area contributed by atoms with E-state index >= 15 is 0 Å². The van der Waals surface area contributed by atoms with Crippen LogP contribution in [0.3, 0.4) is 0 Å². The van der Waals surface area contributed by atoms with E-state index in [9.17, 15) is 19.4 Å². The number of nitrogens with zero attached hydrogens (tertiary/aromatic N) is 1. The van der Waals surface area contributed by atoms with Gasteiger partial charge in [-0.1, -0.05) is 217 Å². The van der Waals surface area contributed by atoms with Gasteiger partial charge in [0.15, 0.2) is 0 Å². The fourth-order valence-electron chi connectivity index (χ4n) is 7.31. The fraction of sp³-hybridized carbons (Fsp3) is 0.863. The van der Waals surface area contributed by atoms with E-state index in [1.54, 1.807) is 6.08 Å². The third kappa shape index (κ3) is 44.8. The van der Waals surface area contributed by atoms with Gasteiger partial charge in [-0.2, -0.15) is 0 Å². The number of phosphoric ester groups is 1. The minimum Gasteiger partial charge on any atom is -0.387 e. The molecule has 0 rings (SSSR count). The van der Waals surface area contributed by atoms with E-state index in [0.717, 1.165) is 44.9 Å². The number of allylic oxidation sites excluding steroid dienone is 5. The monoisotopic (exact) mass is 868 g/mol. The number of unbranched alkanes of at least 4 members (excludes halogenated alkanes) is 29. The molecule has 0 aliphatic carbocycles. The summed E-state index contributed by atoms with van der Waals surface area (Å²) in [5.74, 6) is -0.198. The average Bonchev–Trinajstić information content (AvgIpc) is 3.20. The molecule has 0 aromatic carbocycles. The van der Waals surface area contributed by atoms with Gasteiger partial charge in [0.1, 0.15) is 13.2 Å². The molecule has 0 aromatic heterocycles. The second-order valence-corrected chi connectivity index (χ2v) is 20.0. The van der Waals surface area contributed by atoms with Gasteiger partial charge in [0, 0.05) is 6.42 Å². The highest BCUT2D eigenvalue weighted by Crippen LogP contribution is 2.43. The molecule has 60 heavy (non-hydrogen) atoms. The summed E-state index contributed by atoms with van der Waals surface area (Å²) < 4.78 is 23.5. The van der Waals surface area contributed by atoms with Crippen molar-refractivity contribution in [2.45, 2.75) is 244 Å². The first-order valence-corrected chi connectivity index (χ1v) is 26.9. The molecule has 0 radical (unpaired) electrons. The highest BCUT2D eigenvalue weighted by molar-refractivity contribution is 7.47. The lowest BCUT2D eigenvalue weighted by Crippen LogP contribution is -2.45. The summed E-state index contributed by atoms with van der Waals surface area (Å²) in [6.07, 6.45) is 54.3. The summed E-state index contributed by atoms with van der Waals surface area (Å²) in [6, 6.07) is -0.864. The normalized spacial score (nSPS) is 14.4. The van der Waals surface area contributed by atoms with E-state index in [0.29, 0.717) is 17.4 Å². The Hall–Kier alpha value is -1.28. The number of aliphatic hydroxyl groups is 1. The lowest BCUT2D eigenvalue weighted by atomic mass is 10.0. The molecule has 0 aliphatic rings. The van der Waals surface area contributed by atoms with Crippen molar-refractivity contribution in [2.75, 3.05) is 40.9 Å². The van der Waals surface area contributed by atoms with E-state index in [4.69, 9.17) is 9.05 Å². The summed E-state index contributed by atoms with van der Waals surface area (Å²) in [5, 5.41) is 13.7. The fourth-order valence-corrected chi connectivity index (χ4v) is 8.05. The zero-order valence-corrected chi connectivity index (χ0v) is 41.1. The third-order valence-electron chi connectivity index (χ3n) is 11.3. The van der Waals surface area contributed by atoms with Crippen molar-refractivity contribution in [3.8, 4) is 0 Å². The maximum atomic E-state index is 12.7. The van der Waals surface area contributed by atoms with Gasteiger partial charge in [-0.3, -0.25) is 13.8 Å². The Bertz CT molecular complexity index is 1070. The number of carbonyl (C=O) groups is 1. The number of aliphatic hydroxyl groups excluding tert-OH is 1. The highest BCUT2D eigenvalue weighted by atomic mass is 31.2. The largest absolute Gasteiger partial charge is 0.472 e. The van der Waals surface area contributed by atoms with Gasteiger partial charge in [-0.05, 0) is 44.9 Å². The maximum absolute atomic E-state index is 12.7. The van der Waals surface area contributed by atoms with Crippen LogP contribution in [0, 0.1) is 0 Å². The molecule has 9 heteroatoms. The first kappa shape index (κ1) is 58.7. The number of nitrogens with one attached hydrogen (secondary N) is 1. The first-order chi connectivity index (χ1) is 29.0. The molecular formula is C51H100N2O6P+. The van der Waals surface area contributed by atoms with Crippen LogP contribution in [0.5, 0.6) is 0 Å². The van der Waals surface area contributed by atoms with Crippen molar-refractivity contribution >= 4 is 13.7 Å². The van der Waals surface area contributed by atoms with E-state index in [1.807, 2.05) is 27.2 Å². The van der Waals surface area contributed by atoms with Crippen LogP contribution >= 0.6 is 7.82 Å². The molecule has 3 atom stereocenters. The molecular weight excluding hydrogens is 768 g/mol. The molecule has 0 spiro atoms. The molecule has 0 bridgehead atoms. The molecule has 3 N–H and O–H groups in total. The third-order valence-corrected chi connectivity index (χ3v) is 12.3. The van der Waals surface area contributed by atoms with E-state index in [-0.39, 0.29) is 19.1 Å². The van der Waals surface area contributed by atoms with Crippen LogP contribution in [0.15, 0.2) is 36.5 Å². The van der Waals surface area contributed by atoms with Crippen LogP contribution in [-0.4, -0.2) is 73.4 Å². The van der Waals surface area contributed by atoms with Crippen molar-refractivity contribution in [3.05, 3.63) is 36.5 Å². The molecule has 0 aliphatic heterocycles. The van der Waals surface area contributed by atoms with Gasteiger partial charge in [0.05, 0.1) is 39.9 Å². The van der Waals surface area contributed by atoms with Crippen LogP contribution in [-0.2, 0) is 18.4 Å². The highest BCUT2D eigenvalue weighted by Gasteiger charge is 2.27. The zero-order chi connectivity index (χ0) is 44.3. The van der Waals surface area contributed by atoms with Crippen LogP contribution in [0.25, 0.3) is 0 Å². The number of hydrogen-bond acceptors (Lipinski definition) is 5. The standard InChI is InChI=1S/C51H99N2O6P/c1-6-8-10-12-14-15-16-17-18-19-20-21-22-23-24-25-26-27-28-29-30-31-32-33-34-35-36-37-39-40-42-44-50(54)49(48-59-60(56,57)58-47-46-53(3,4)5)52-51(55)45-43-41-38-13-11-9-7-2/h32-33,36-37,42,44,49-50,54H,6-31,34-35,38-41,43,45-48H2,1-5H3,(H-,52,55,56,57)/p+1/b33-32+,37-36+,44-42+. The Balaban J connectivity index is 4.07. The predicted octanol–water partition coefficient (Wildman–Crippen LogP) is 14.6. The van der Waals surface area contributed by atoms with Crippen molar-refractivity contribution < 1.29 is 32.9 Å². The van der Waals surface area contributed by atoms with Crippen molar-refractivity contribution in [1.82, 2.24) is 5.32 Å². The van der Waals surface area contributed by atoms with Crippen molar-refractivity contribution in [2.24, 2.45) is 0 Å². The Morgan fingerprint density at radius 1 is 0.550 bits per heavy atom. The number of carbonyl (C=O) groups excluding carboxylic acids is 1. The molecule has 8 nitrogen and oxygen atoms in total.